The zero-order valence-electron chi connectivity index (χ0n) is 16.7. The van der Waals surface area contributed by atoms with E-state index in [-0.39, 0.29) is 11.6 Å². The van der Waals surface area contributed by atoms with E-state index in [1.165, 1.54) is 12.1 Å². The van der Waals surface area contributed by atoms with Gasteiger partial charge in [-0.1, -0.05) is 59.6 Å². The lowest BCUT2D eigenvalue weighted by Crippen LogP contribution is -2.37. The summed E-state index contributed by atoms with van der Waals surface area (Å²) >= 11 is 12.0. The normalized spacial score (nSPS) is 17.5. The number of hydrogen-bond donors (Lipinski definition) is 0. The first kappa shape index (κ1) is 21.5. The lowest BCUT2D eigenvalue weighted by Gasteiger charge is -2.30. The van der Waals surface area contributed by atoms with E-state index in [4.69, 9.17) is 23.2 Å². The van der Waals surface area contributed by atoms with Crippen LogP contribution in [0.4, 0.5) is 4.39 Å². The van der Waals surface area contributed by atoms with Crippen LogP contribution in [-0.2, 0) is 11.3 Å². The van der Waals surface area contributed by atoms with Crippen LogP contribution in [0.5, 0.6) is 0 Å². The first-order valence-corrected chi connectivity index (χ1v) is 10.7. The summed E-state index contributed by atoms with van der Waals surface area (Å²) in [6.45, 7) is 1.64. The second-order valence-corrected chi connectivity index (χ2v) is 8.42. The standard InChI is InChI=1S/C26H20Cl2FNO/c27-23-7-1-18(2-8-23)13-21-16-30(15-20-5-11-25(29)12-6-20)17-22(26(21)31)14-19-3-9-24(28)10-4-19/h1-14H,15-17H2/b21-13+,22-14+. The highest BCUT2D eigenvalue weighted by atomic mass is 35.5. The van der Waals surface area contributed by atoms with Gasteiger partial charge in [-0.3, -0.25) is 9.69 Å². The number of hydrogen-bond acceptors (Lipinski definition) is 2. The summed E-state index contributed by atoms with van der Waals surface area (Å²) < 4.78 is 13.3. The number of carbonyl (C=O) groups is 1. The van der Waals surface area contributed by atoms with Gasteiger partial charge in [-0.15, -0.1) is 0 Å². The third-order valence-corrected chi connectivity index (χ3v) is 5.62. The second kappa shape index (κ2) is 9.61. The number of Topliss-reactive ketones (excluding diaryl/α,β-unsaturated/α-hetero) is 1. The predicted octanol–water partition coefficient (Wildman–Crippen LogP) is 6.68. The topological polar surface area (TPSA) is 20.3 Å². The summed E-state index contributed by atoms with van der Waals surface area (Å²) in [5, 5.41) is 1.30. The van der Waals surface area contributed by atoms with Gasteiger partial charge < -0.3 is 0 Å². The smallest absolute Gasteiger partial charge is 0.187 e. The fraction of sp³-hybridized carbons (Fsp3) is 0.115. The predicted molar refractivity (Wildman–Crippen MR) is 126 cm³/mol. The van der Waals surface area contributed by atoms with Crippen molar-refractivity contribution in [2.75, 3.05) is 13.1 Å². The van der Waals surface area contributed by atoms with Crippen LogP contribution in [0, 0.1) is 5.82 Å². The Morgan fingerprint density at radius 2 is 1.19 bits per heavy atom. The van der Waals surface area contributed by atoms with Crippen molar-refractivity contribution in [2.24, 2.45) is 0 Å². The summed E-state index contributed by atoms with van der Waals surface area (Å²) in [4.78, 5) is 15.4. The average molecular weight is 452 g/mol. The number of piperidine rings is 1. The van der Waals surface area contributed by atoms with Crippen LogP contribution in [0.15, 0.2) is 83.9 Å². The molecule has 31 heavy (non-hydrogen) atoms. The van der Waals surface area contributed by atoms with E-state index in [1.54, 1.807) is 12.1 Å². The molecule has 1 saturated heterocycles. The maximum absolute atomic E-state index is 13.3. The molecule has 156 valence electrons. The van der Waals surface area contributed by atoms with E-state index in [0.717, 1.165) is 16.7 Å². The Hall–Kier alpha value is -2.72. The Morgan fingerprint density at radius 1 is 0.742 bits per heavy atom. The molecule has 1 heterocycles. The first-order chi connectivity index (χ1) is 15.0. The quantitative estimate of drug-likeness (QED) is 0.412. The van der Waals surface area contributed by atoms with E-state index in [2.05, 4.69) is 4.90 Å². The summed E-state index contributed by atoms with van der Waals surface area (Å²) in [7, 11) is 0. The van der Waals surface area contributed by atoms with Gasteiger partial charge in [-0.2, -0.15) is 0 Å². The van der Waals surface area contributed by atoms with Crippen LogP contribution in [0.25, 0.3) is 12.2 Å². The molecule has 1 aliphatic heterocycles. The lowest BCUT2D eigenvalue weighted by molar-refractivity contribution is -0.113. The van der Waals surface area contributed by atoms with E-state index < -0.39 is 0 Å². The SMILES string of the molecule is O=C1/C(=C/c2ccc(Cl)cc2)CN(Cc2ccc(F)cc2)C/C1=C\c1ccc(Cl)cc1. The molecular formula is C26H20Cl2FNO. The average Bonchev–Trinajstić information content (AvgIpc) is 2.76. The van der Waals surface area contributed by atoms with E-state index in [0.29, 0.717) is 40.8 Å². The summed E-state index contributed by atoms with van der Waals surface area (Å²) in [6, 6.07) is 21.3. The third kappa shape index (κ3) is 5.71. The number of halogens is 3. The number of likely N-dealkylation sites (tertiary alicyclic amines) is 1. The van der Waals surface area contributed by atoms with Crippen LogP contribution in [0.2, 0.25) is 10.0 Å². The van der Waals surface area contributed by atoms with Crippen LogP contribution >= 0.6 is 23.2 Å². The molecule has 4 rings (SSSR count). The molecule has 0 N–H and O–H groups in total. The molecule has 0 amide bonds. The maximum Gasteiger partial charge on any atom is 0.187 e. The van der Waals surface area contributed by atoms with Gasteiger partial charge in [0.15, 0.2) is 5.78 Å². The monoisotopic (exact) mass is 451 g/mol. The highest BCUT2D eigenvalue weighted by molar-refractivity contribution is 6.30. The fourth-order valence-electron chi connectivity index (χ4n) is 3.59. The molecule has 2 nitrogen and oxygen atoms in total. The van der Waals surface area contributed by atoms with Crippen molar-refractivity contribution in [3.05, 3.63) is 116 Å². The third-order valence-electron chi connectivity index (χ3n) is 5.11. The highest BCUT2D eigenvalue weighted by Gasteiger charge is 2.26. The Bertz CT molecular complexity index is 1070. The van der Waals surface area contributed by atoms with Crippen LogP contribution in [0.1, 0.15) is 16.7 Å². The van der Waals surface area contributed by atoms with E-state index in [1.807, 2.05) is 60.7 Å². The van der Waals surface area contributed by atoms with Crippen molar-refractivity contribution in [3.8, 4) is 0 Å². The highest BCUT2D eigenvalue weighted by Crippen LogP contribution is 2.24. The van der Waals surface area contributed by atoms with Crippen LogP contribution < -0.4 is 0 Å². The molecule has 0 bridgehead atoms. The minimum Gasteiger partial charge on any atom is -0.290 e. The van der Waals surface area contributed by atoms with Gasteiger partial charge >= 0.3 is 0 Å². The molecular weight excluding hydrogens is 432 g/mol. The molecule has 0 atom stereocenters. The van der Waals surface area contributed by atoms with Gasteiger partial charge in [0, 0.05) is 40.8 Å². The molecule has 1 aliphatic rings. The summed E-state index contributed by atoms with van der Waals surface area (Å²) in [5.74, 6) is -0.232. The fourth-order valence-corrected chi connectivity index (χ4v) is 3.84. The van der Waals surface area contributed by atoms with Gasteiger partial charge in [-0.05, 0) is 65.2 Å². The van der Waals surface area contributed by atoms with Gasteiger partial charge in [0.05, 0.1) is 0 Å². The van der Waals surface area contributed by atoms with E-state index >= 15 is 0 Å². The minimum atomic E-state index is -0.260. The largest absolute Gasteiger partial charge is 0.290 e. The minimum absolute atomic E-state index is 0.0280. The maximum atomic E-state index is 13.3. The zero-order valence-corrected chi connectivity index (χ0v) is 18.2. The summed E-state index contributed by atoms with van der Waals surface area (Å²) in [6.07, 6.45) is 3.82. The lowest BCUT2D eigenvalue weighted by atomic mass is 9.94. The van der Waals surface area contributed by atoms with Gasteiger partial charge in [0.25, 0.3) is 0 Å². The molecule has 3 aromatic rings. The molecule has 0 radical (unpaired) electrons. The molecule has 1 fully saturated rings. The van der Waals surface area contributed by atoms with Crippen molar-refractivity contribution in [3.63, 3.8) is 0 Å². The van der Waals surface area contributed by atoms with Crippen LogP contribution in [0.3, 0.4) is 0 Å². The zero-order chi connectivity index (χ0) is 21.8. The Kier molecular flexibility index (Phi) is 6.67. The van der Waals surface area contributed by atoms with Crippen LogP contribution in [-0.4, -0.2) is 23.8 Å². The molecule has 0 aromatic heterocycles. The van der Waals surface area contributed by atoms with Gasteiger partial charge in [-0.25, -0.2) is 4.39 Å². The summed E-state index contributed by atoms with van der Waals surface area (Å²) in [5.41, 5.74) is 4.24. The van der Waals surface area contributed by atoms with Crippen molar-refractivity contribution >= 4 is 41.1 Å². The number of rotatable bonds is 4. The molecule has 0 aliphatic carbocycles. The van der Waals surface area contributed by atoms with Gasteiger partial charge in [0.1, 0.15) is 5.82 Å². The Balaban J connectivity index is 1.66. The first-order valence-electron chi connectivity index (χ1n) is 9.90. The number of nitrogens with zero attached hydrogens (tertiary/aromatic N) is 1. The Morgan fingerprint density at radius 3 is 1.65 bits per heavy atom. The van der Waals surface area contributed by atoms with Crippen molar-refractivity contribution in [1.29, 1.82) is 0 Å². The number of benzene rings is 3. The number of carbonyl (C=O) groups excluding carboxylic acids is 1. The molecule has 3 aromatic carbocycles. The van der Waals surface area contributed by atoms with Crippen molar-refractivity contribution in [2.45, 2.75) is 6.54 Å². The molecule has 0 unspecified atom stereocenters. The Labute approximate surface area is 191 Å². The van der Waals surface area contributed by atoms with Crippen molar-refractivity contribution < 1.29 is 9.18 Å². The molecule has 0 saturated carbocycles. The van der Waals surface area contributed by atoms with E-state index in [9.17, 15) is 9.18 Å². The van der Waals surface area contributed by atoms with Crippen molar-refractivity contribution in [1.82, 2.24) is 4.90 Å². The molecule has 0 spiro atoms. The molecule has 5 heteroatoms. The van der Waals surface area contributed by atoms with Gasteiger partial charge in [0.2, 0.25) is 0 Å². The number of ketones is 1. The second-order valence-electron chi connectivity index (χ2n) is 7.54.